The van der Waals surface area contributed by atoms with Crippen molar-refractivity contribution in [2.45, 2.75) is 18.6 Å². The first kappa shape index (κ1) is 19.4. The molecule has 3 aliphatic rings. The first-order chi connectivity index (χ1) is 15.0. The highest BCUT2D eigenvalue weighted by Crippen LogP contribution is 2.65. The fraction of sp³-hybridized carbons (Fsp3) is 0.391. The Kier molecular flexibility index (Phi) is 4.54. The summed E-state index contributed by atoms with van der Waals surface area (Å²) in [5, 5.41) is 2.68. The number of pyridine rings is 1. The molecule has 0 bridgehead atoms. The normalized spacial score (nSPS) is 28.6. The van der Waals surface area contributed by atoms with Gasteiger partial charge in [0.15, 0.2) is 0 Å². The van der Waals surface area contributed by atoms with Crippen molar-refractivity contribution in [3.8, 4) is 0 Å². The highest BCUT2D eigenvalue weighted by Gasteiger charge is 2.76. The maximum Gasteiger partial charge on any atom is 0.414 e. The zero-order valence-electron chi connectivity index (χ0n) is 17.2. The predicted molar refractivity (Wildman–Crippen MR) is 114 cm³/mol. The maximum atomic E-state index is 12.2. The van der Waals surface area contributed by atoms with Crippen LogP contribution in [-0.4, -0.2) is 49.3 Å². The minimum absolute atomic E-state index is 0.153. The molecule has 1 unspecified atom stereocenters. The number of nitrogens with zero attached hydrogens (tertiary/aromatic N) is 4. The van der Waals surface area contributed by atoms with Crippen LogP contribution in [-0.2, 0) is 15.1 Å². The van der Waals surface area contributed by atoms with E-state index in [1.165, 1.54) is 6.92 Å². The third-order valence-corrected chi connectivity index (χ3v) is 6.59. The molecule has 4 atom stereocenters. The van der Waals surface area contributed by atoms with Gasteiger partial charge in [0.2, 0.25) is 5.91 Å². The van der Waals surface area contributed by atoms with E-state index in [4.69, 9.17) is 11.3 Å². The Bertz CT molecular complexity index is 1040. The van der Waals surface area contributed by atoms with Gasteiger partial charge in [-0.25, -0.2) is 16.4 Å². The molecule has 0 radical (unpaired) electrons. The maximum absolute atomic E-state index is 12.2. The molecular weight excluding hydrogens is 394 g/mol. The van der Waals surface area contributed by atoms with Crippen LogP contribution in [0.1, 0.15) is 12.5 Å². The van der Waals surface area contributed by atoms with Crippen LogP contribution in [0, 0.1) is 18.4 Å². The number of amides is 2. The lowest BCUT2D eigenvalue weighted by Gasteiger charge is -2.22. The average molecular weight is 417 g/mol. The SMILES string of the molecule is [C-]#[N+]C1(c2ccc(N3C[C@H](CNC(C)=O)OC3=O)cc2)[C@@H]2CN(c3ccccn3)C[C@@H]21. The summed E-state index contributed by atoms with van der Waals surface area (Å²) in [6, 6.07) is 13.6. The van der Waals surface area contributed by atoms with E-state index in [1.54, 1.807) is 11.1 Å². The number of anilines is 2. The molecule has 8 nitrogen and oxygen atoms in total. The van der Waals surface area contributed by atoms with E-state index in [-0.39, 0.29) is 23.8 Å². The summed E-state index contributed by atoms with van der Waals surface area (Å²) in [4.78, 5) is 35.6. The molecule has 1 aliphatic carbocycles. The molecule has 1 saturated carbocycles. The minimum Gasteiger partial charge on any atom is -0.442 e. The van der Waals surface area contributed by atoms with Gasteiger partial charge in [-0.1, -0.05) is 6.07 Å². The number of ether oxygens (including phenoxy) is 1. The Labute approximate surface area is 180 Å². The number of rotatable bonds is 5. The summed E-state index contributed by atoms with van der Waals surface area (Å²) in [6.45, 7) is 11.7. The van der Waals surface area contributed by atoms with Crippen molar-refractivity contribution in [1.29, 1.82) is 0 Å². The summed E-state index contributed by atoms with van der Waals surface area (Å²) >= 11 is 0. The fourth-order valence-electron chi connectivity index (χ4n) is 4.99. The number of carbonyl (C=O) groups excluding carboxylic acids is 2. The van der Waals surface area contributed by atoms with E-state index >= 15 is 0 Å². The van der Waals surface area contributed by atoms with Gasteiger partial charge in [-0.05, 0) is 36.4 Å². The van der Waals surface area contributed by atoms with Crippen molar-refractivity contribution in [2.75, 3.05) is 36.0 Å². The lowest BCUT2D eigenvalue weighted by Crippen LogP contribution is -2.33. The molecule has 1 aromatic carbocycles. The first-order valence-corrected chi connectivity index (χ1v) is 10.4. The van der Waals surface area contributed by atoms with Gasteiger partial charge in [-0.15, -0.1) is 0 Å². The fourth-order valence-corrected chi connectivity index (χ4v) is 4.99. The van der Waals surface area contributed by atoms with E-state index in [1.807, 2.05) is 42.5 Å². The van der Waals surface area contributed by atoms with E-state index < -0.39 is 11.6 Å². The number of fused-ring (bicyclic) bond motifs is 1. The third kappa shape index (κ3) is 3.17. The smallest absolute Gasteiger partial charge is 0.414 e. The van der Waals surface area contributed by atoms with Crippen molar-refractivity contribution < 1.29 is 14.3 Å². The number of cyclic esters (lactones) is 1. The first-order valence-electron chi connectivity index (χ1n) is 10.4. The van der Waals surface area contributed by atoms with E-state index in [2.05, 4.69) is 20.0 Å². The van der Waals surface area contributed by atoms with Gasteiger partial charge in [-0.2, -0.15) is 0 Å². The summed E-state index contributed by atoms with van der Waals surface area (Å²) in [5.41, 5.74) is 1.26. The van der Waals surface area contributed by atoms with Crippen LogP contribution in [0.5, 0.6) is 0 Å². The molecule has 2 saturated heterocycles. The van der Waals surface area contributed by atoms with E-state index in [9.17, 15) is 9.59 Å². The molecule has 31 heavy (non-hydrogen) atoms. The molecule has 3 heterocycles. The van der Waals surface area contributed by atoms with Crippen LogP contribution in [0.15, 0.2) is 48.7 Å². The summed E-state index contributed by atoms with van der Waals surface area (Å²) in [6.07, 6.45) is 1.01. The van der Waals surface area contributed by atoms with Crippen molar-refractivity contribution >= 4 is 23.5 Å². The summed E-state index contributed by atoms with van der Waals surface area (Å²) in [5.74, 6) is 1.39. The molecule has 1 N–H and O–H groups in total. The van der Waals surface area contributed by atoms with Gasteiger partial charge < -0.3 is 19.8 Å². The number of benzene rings is 1. The predicted octanol–water partition coefficient (Wildman–Crippen LogP) is 2.42. The van der Waals surface area contributed by atoms with Gasteiger partial charge in [0.1, 0.15) is 11.9 Å². The van der Waals surface area contributed by atoms with Gasteiger partial charge >= 0.3 is 6.09 Å². The van der Waals surface area contributed by atoms with Crippen molar-refractivity contribution in [3.05, 3.63) is 65.6 Å². The molecule has 3 fully saturated rings. The molecular formula is C23H23N5O3. The Morgan fingerprint density at radius 1 is 1.23 bits per heavy atom. The molecule has 8 heteroatoms. The Morgan fingerprint density at radius 2 is 1.97 bits per heavy atom. The zero-order chi connectivity index (χ0) is 21.6. The number of aromatic nitrogens is 1. The Balaban J connectivity index is 1.27. The highest BCUT2D eigenvalue weighted by atomic mass is 16.6. The van der Waals surface area contributed by atoms with Gasteiger partial charge in [0.25, 0.3) is 5.54 Å². The van der Waals surface area contributed by atoms with Crippen LogP contribution in [0.4, 0.5) is 16.3 Å². The molecule has 158 valence electrons. The quantitative estimate of drug-likeness (QED) is 0.756. The molecule has 2 aromatic rings. The van der Waals surface area contributed by atoms with E-state index in [0.29, 0.717) is 13.1 Å². The Hall–Kier alpha value is -3.60. The third-order valence-electron chi connectivity index (χ3n) is 6.59. The molecule has 2 aliphatic heterocycles. The lowest BCUT2D eigenvalue weighted by molar-refractivity contribution is -0.119. The molecule has 2 amide bonds. The highest BCUT2D eigenvalue weighted by molar-refractivity contribution is 5.89. The zero-order valence-corrected chi connectivity index (χ0v) is 17.2. The van der Waals surface area contributed by atoms with Crippen LogP contribution in [0.2, 0.25) is 0 Å². The van der Waals surface area contributed by atoms with Gasteiger partial charge in [0, 0.05) is 37.5 Å². The van der Waals surface area contributed by atoms with Crippen LogP contribution < -0.4 is 15.1 Å². The van der Waals surface area contributed by atoms with Crippen molar-refractivity contribution in [2.24, 2.45) is 11.8 Å². The number of nitrogens with one attached hydrogen (secondary N) is 1. The average Bonchev–Trinajstić information content (AvgIpc) is 3.09. The van der Waals surface area contributed by atoms with Gasteiger partial charge in [0.05, 0.1) is 24.9 Å². The second kappa shape index (κ2) is 7.27. The second-order valence-corrected chi connectivity index (χ2v) is 8.34. The number of carbonyl (C=O) groups is 2. The van der Waals surface area contributed by atoms with Gasteiger partial charge in [-0.3, -0.25) is 9.69 Å². The van der Waals surface area contributed by atoms with Crippen molar-refractivity contribution in [3.63, 3.8) is 0 Å². The number of piperidine rings is 1. The summed E-state index contributed by atoms with van der Waals surface area (Å²) in [7, 11) is 0. The van der Waals surface area contributed by atoms with Crippen LogP contribution in [0.25, 0.3) is 4.85 Å². The molecule has 5 rings (SSSR count). The second-order valence-electron chi connectivity index (χ2n) is 8.34. The number of hydrogen-bond donors (Lipinski definition) is 1. The lowest BCUT2D eigenvalue weighted by atomic mass is 9.99. The van der Waals surface area contributed by atoms with Crippen LogP contribution in [0.3, 0.4) is 0 Å². The van der Waals surface area contributed by atoms with Crippen LogP contribution >= 0.6 is 0 Å². The number of hydrogen-bond acceptors (Lipinski definition) is 5. The minimum atomic E-state index is -0.483. The topological polar surface area (TPSA) is 79.1 Å². The van der Waals surface area contributed by atoms with Crippen molar-refractivity contribution in [1.82, 2.24) is 10.3 Å². The van der Waals surface area contributed by atoms with E-state index in [0.717, 1.165) is 30.2 Å². The molecule has 1 aromatic heterocycles. The Morgan fingerprint density at radius 3 is 2.58 bits per heavy atom. The standard InChI is InChI=1S/C23H23N5O3/c1-15(29)26-11-18-12-28(22(30)31-18)17-8-6-16(7-9-17)23(24-2)19-13-27(14-20(19)23)21-5-3-4-10-25-21/h3-10,18-20H,11-14H2,1H3,(H,26,29)/t18-,19-,20+,23?/m0/s1. The summed E-state index contributed by atoms with van der Waals surface area (Å²) < 4.78 is 5.34. The monoisotopic (exact) mass is 417 g/mol. The molecule has 0 spiro atoms. The largest absolute Gasteiger partial charge is 0.442 e.